The Morgan fingerprint density at radius 2 is 2.04 bits per heavy atom. The van der Waals surface area contributed by atoms with Crippen molar-refractivity contribution < 1.29 is 18.7 Å². The van der Waals surface area contributed by atoms with Crippen molar-refractivity contribution in [3.8, 4) is 5.75 Å². The predicted molar refractivity (Wildman–Crippen MR) is 106 cm³/mol. The first-order chi connectivity index (χ1) is 13.3. The number of hydrogen-bond acceptors (Lipinski definition) is 4. The molecule has 1 aliphatic carbocycles. The second-order valence-electron chi connectivity index (χ2n) is 7.88. The molecular weight excluding hydrogens is 363 g/mol. The highest BCUT2D eigenvalue weighted by Crippen LogP contribution is 2.29. The zero-order valence-corrected chi connectivity index (χ0v) is 16.4. The Morgan fingerprint density at radius 1 is 1.29 bits per heavy atom. The van der Waals surface area contributed by atoms with Crippen LogP contribution in [0.3, 0.4) is 0 Å². The molecule has 6 nitrogen and oxygen atoms in total. The molecule has 0 aliphatic heterocycles. The molecule has 0 bridgehead atoms. The number of aromatic amines is 1. The molecule has 28 heavy (non-hydrogen) atoms. The highest BCUT2D eigenvalue weighted by molar-refractivity contribution is 5.85. The number of nitrogens with one attached hydrogen (secondary N) is 2. The predicted octanol–water partition coefficient (Wildman–Crippen LogP) is 3.77. The second-order valence-corrected chi connectivity index (χ2v) is 7.88. The number of hydrogen-bond donors (Lipinski definition) is 2. The van der Waals surface area contributed by atoms with Crippen molar-refractivity contribution in [2.75, 3.05) is 13.2 Å². The minimum atomic E-state index is -0.619. The average Bonchev–Trinajstić information content (AvgIpc) is 3.11. The van der Waals surface area contributed by atoms with E-state index in [1.807, 2.05) is 6.07 Å². The maximum absolute atomic E-state index is 13.2. The topological polar surface area (TPSA) is 80.4 Å². The summed E-state index contributed by atoms with van der Waals surface area (Å²) in [5.74, 6) is 0.574. The summed E-state index contributed by atoms with van der Waals surface area (Å²) in [7, 11) is 0. The zero-order valence-electron chi connectivity index (χ0n) is 16.4. The van der Waals surface area contributed by atoms with Gasteiger partial charge in [-0.15, -0.1) is 0 Å². The summed E-state index contributed by atoms with van der Waals surface area (Å²) in [6.07, 6.45) is 2.43. The van der Waals surface area contributed by atoms with E-state index in [1.54, 1.807) is 32.9 Å². The molecular formula is C21H25FN2O4. The number of halogens is 1. The first-order valence-corrected chi connectivity index (χ1v) is 9.32. The van der Waals surface area contributed by atoms with Crippen LogP contribution < -0.4 is 15.6 Å². The van der Waals surface area contributed by atoms with Crippen LogP contribution in [0.4, 0.5) is 9.18 Å². The quantitative estimate of drug-likeness (QED) is 0.817. The zero-order chi connectivity index (χ0) is 20.3. The third-order valence-corrected chi connectivity index (χ3v) is 4.49. The number of H-pyrrole nitrogens is 1. The lowest BCUT2D eigenvalue weighted by atomic mass is 10.1. The molecule has 0 saturated carbocycles. The van der Waals surface area contributed by atoms with Crippen LogP contribution in [-0.4, -0.2) is 29.8 Å². The summed E-state index contributed by atoms with van der Waals surface area (Å²) in [6.45, 7) is 5.24. The van der Waals surface area contributed by atoms with E-state index in [1.165, 1.54) is 0 Å². The van der Waals surface area contributed by atoms with Gasteiger partial charge in [-0.1, -0.05) is 0 Å². The molecule has 0 fully saturated rings. The summed E-state index contributed by atoms with van der Waals surface area (Å²) in [5, 5.41) is 3.47. The largest absolute Gasteiger partial charge is 0.489 e. The Labute approximate surface area is 162 Å². The number of fused-ring (bicyclic) bond motifs is 3. The SMILES string of the molecule is CC(C)(C)OC(=O)NC/C(=C/F)COc1ccc2[nH]c(=O)c3c(c2c1)CCC3. The number of carbonyl (C=O) groups is 1. The van der Waals surface area contributed by atoms with Crippen LogP contribution in [0, 0.1) is 0 Å². The van der Waals surface area contributed by atoms with Gasteiger partial charge in [0.15, 0.2) is 0 Å². The van der Waals surface area contributed by atoms with E-state index in [0.29, 0.717) is 12.1 Å². The van der Waals surface area contributed by atoms with Gasteiger partial charge < -0.3 is 19.8 Å². The van der Waals surface area contributed by atoms with Gasteiger partial charge in [0.1, 0.15) is 18.0 Å². The number of carbonyl (C=O) groups excluding carboxylic acids is 1. The molecule has 0 saturated heterocycles. The third-order valence-electron chi connectivity index (χ3n) is 4.49. The minimum absolute atomic E-state index is 0.0106. The van der Waals surface area contributed by atoms with E-state index in [0.717, 1.165) is 41.3 Å². The van der Waals surface area contributed by atoms with Crippen molar-refractivity contribution >= 4 is 17.0 Å². The summed E-state index contributed by atoms with van der Waals surface area (Å²) < 4.78 is 24.0. The summed E-state index contributed by atoms with van der Waals surface area (Å²) in [5.41, 5.74) is 2.31. The van der Waals surface area contributed by atoms with E-state index in [-0.39, 0.29) is 24.3 Å². The fraction of sp³-hybridized carbons (Fsp3) is 0.429. The molecule has 2 N–H and O–H groups in total. The molecule has 7 heteroatoms. The minimum Gasteiger partial charge on any atom is -0.489 e. The van der Waals surface area contributed by atoms with Gasteiger partial charge in [0.2, 0.25) is 0 Å². The fourth-order valence-corrected chi connectivity index (χ4v) is 3.26. The van der Waals surface area contributed by atoms with Gasteiger partial charge in [-0.25, -0.2) is 9.18 Å². The first kappa shape index (κ1) is 19.9. The second kappa shape index (κ2) is 8.04. The van der Waals surface area contributed by atoms with Crippen LogP contribution >= 0.6 is 0 Å². The van der Waals surface area contributed by atoms with Gasteiger partial charge >= 0.3 is 6.09 Å². The van der Waals surface area contributed by atoms with Crippen molar-refractivity contribution in [2.24, 2.45) is 0 Å². The average molecular weight is 388 g/mol. The number of ether oxygens (including phenoxy) is 2. The van der Waals surface area contributed by atoms with E-state index in [2.05, 4.69) is 10.3 Å². The molecule has 1 aromatic heterocycles. The number of amides is 1. The normalized spacial score (nSPS) is 14.1. The number of aromatic nitrogens is 1. The van der Waals surface area contributed by atoms with Gasteiger partial charge in [0.25, 0.3) is 5.56 Å². The maximum atomic E-state index is 13.2. The molecule has 1 heterocycles. The summed E-state index contributed by atoms with van der Waals surface area (Å²) in [6, 6.07) is 5.39. The monoisotopic (exact) mass is 388 g/mol. The maximum Gasteiger partial charge on any atom is 0.407 e. The van der Waals surface area contributed by atoms with E-state index in [9.17, 15) is 14.0 Å². The Hall–Kier alpha value is -2.83. The van der Waals surface area contributed by atoms with Crippen molar-refractivity contribution in [1.82, 2.24) is 10.3 Å². The van der Waals surface area contributed by atoms with Crippen molar-refractivity contribution in [3.05, 3.63) is 51.6 Å². The van der Waals surface area contributed by atoms with E-state index in [4.69, 9.17) is 9.47 Å². The van der Waals surface area contributed by atoms with Crippen molar-refractivity contribution in [1.29, 1.82) is 0 Å². The molecule has 1 amide bonds. The van der Waals surface area contributed by atoms with Crippen LogP contribution in [-0.2, 0) is 17.6 Å². The lowest BCUT2D eigenvalue weighted by molar-refractivity contribution is 0.0531. The number of alkyl carbamates (subject to hydrolysis) is 1. The lowest BCUT2D eigenvalue weighted by Gasteiger charge is -2.20. The van der Waals surface area contributed by atoms with Crippen LogP contribution in [0.2, 0.25) is 0 Å². The Balaban J connectivity index is 1.65. The Bertz CT molecular complexity index is 973. The third kappa shape index (κ3) is 4.71. The number of pyridine rings is 1. The molecule has 0 unspecified atom stereocenters. The Kier molecular flexibility index (Phi) is 5.72. The molecule has 0 atom stereocenters. The molecule has 1 aromatic carbocycles. The number of rotatable bonds is 5. The van der Waals surface area contributed by atoms with Crippen LogP contribution in [0.15, 0.2) is 34.9 Å². The van der Waals surface area contributed by atoms with Crippen LogP contribution in [0.5, 0.6) is 5.75 Å². The van der Waals surface area contributed by atoms with Gasteiger partial charge in [0.05, 0.1) is 6.33 Å². The summed E-state index contributed by atoms with van der Waals surface area (Å²) >= 11 is 0. The molecule has 0 radical (unpaired) electrons. The highest BCUT2D eigenvalue weighted by atomic mass is 19.1. The van der Waals surface area contributed by atoms with Gasteiger partial charge in [0, 0.05) is 28.6 Å². The number of benzene rings is 1. The van der Waals surface area contributed by atoms with Crippen molar-refractivity contribution in [3.63, 3.8) is 0 Å². The Morgan fingerprint density at radius 3 is 2.75 bits per heavy atom. The van der Waals surface area contributed by atoms with Gasteiger partial charge in [-0.2, -0.15) is 0 Å². The van der Waals surface area contributed by atoms with Gasteiger partial charge in [-0.3, -0.25) is 4.79 Å². The standard InChI is InChI=1S/C21H25FN2O4/c1-21(2,3)28-20(26)23-11-13(10-22)12-27-14-7-8-18-17(9-14)15-5-4-6-16(15)19(25)24-18/h7-10H,4-6,11-12H2,1-3H3,(H,23,26)(H,24,25)/b13-10-. The van der Waals surface area contributed by atoms with Crippen LogP contribution in [0.25, 0.3) is 10.9 Å². The molecule has 1 aliphatic rings. The molecule has 0 spiro atoms. The van der Waals surface area contributed by atoms with E-state index >= 15 is 0 Å². The van der Waals surface area contributed by atoms with Crippen molar-refractivity contribution in [2.45, 2.75) is 45.6 Å². The van der Waals surface area contributed by atoms with Crippen LogP contribution in [0.1, 0.15) is 38.3 Å². The fourth-order valence-electron chi connectivity index (χ4n) is 3.26. The molecule has 2 aromatic rings. The summed E-state index contributed by atoms with van der Waals surface area (Å²) in [4.78, 5) is 26.7. The smallest absolute Gasteiger partial charge is 0.407 e. The highest BCUT2D eigenvalue weighted by Gasteiger charge is 2.18. The molecule has 3 rings (SSSR count). The first-order valence-electron chi connectivity index (χ1n) is 9.32. The number of aryl methyl sites for hydroxylation is 1. The molecule has 150 valence electrons. The lowest BCUT2D eigenvalue weighted by Crippen LogP contribution is -2.34. The van der Waals surface area contributed by atoms with Gasteiger partial charge in [-0.05, 0) is 63.8 Å². The van der Waals surface area contributed by atoms with E-state index < -0.39 is 11.7 Å².